The molecule has 1 saturated heterocycles. The van der Waals surface area contributed by atoms with Gasteiger partial charge in [0.1, 0.15) is 0 Å². The van der Waals surface area contributed by atoms with Gasteiger partial charge < -0.3 is 19.1 Å². The highest BCUT2D eigenvalue weighted by atomic mass is 32.1. The Morgan fingerprint density at radius 1 is 1.18 bits per heavy atom. The van der Waals surface area contributed by atoms with E-state index in [4.69, 9.17) is 19.5 Å². The lowest BCUT2D eigenvalue weighted by Gasteiger charge is -2.26. The van der Waals surface area contributed by atoms with Gasteiger partial charge in [0.15, 0.2) is 23.2 Å². The maximum Gasteiger partial charge on any atom is 0.260 e. The van der Waals surface area contributed by atoms with Gasteiger partial charge >= 0.3 is 0 Å². The number of carbonyl (C=O) groups excluding carboxylic acids is 2. The molecular formula is C24H22N4O5S. The van der Waals surface area contributed by atoms with Crippen LogP contribution in [0.4, 0.5) is 5.13 Å². The third-order valence-electron chi connectivity index (χ3n) is 5.18. The van der Waals surface area contributed by atoms with E-state index in [-0.39, 0.29) is 18.4 Å². The van der Waals surface area contributed by atoms with Gasteiger partial charge in [-0.05, 0) is 30.3 Å². The average Bonchev–Trinajstić information content (AvgIpc) is 3.36. The van der Waals surface area contributed by atoms with Gasteiger partial charge in [-0.2, -0.15) is 5.26 Å². The third kappa shape index (κ3) is 5.51. The van der Waals surface area contributed by atoms with E-state index in [0.717, 1.165) is 5.56 Å². The van der Waals surface area contributed by atoms with Crippen molar-refractivity contribution in [1.82, 2.24) is 9.88 Å². The number of morpholine rings is 1. The molecule has 0 saturated carbocycles. The molecule has 0 radical (unpaired) electrons. The van der Waals surface area contributed by atoms with Gasteiger partial charge in [0, 0.05) is 29.6 Å². The Kier molecular flexibility index (Phi) is 7.37. The van der Waals surface area contributed by atoms with Crippen LogP contribution >= 0.6 is 11.3 Å². The quantitative estimate of drug-likeness (QED) is 0.555. The molecule has 0 bridgehead atoms. The van der Waals surface area contributed by atoms with E-state index in [9.17, 15) is 9.59 Å². The van der Waals surface area contributed by atoms with Crippen LogP contribution in [0.25, 0.3) is 11.3 Å². The number of amides is 2. The zero-order valence-electron chi connectivity index (χ0n) is 18.4. The number of hydrogen-bond acceptors (Lipinski definition) is 8. The SMILES string of the molecule is COc1cc(C(=O)Nc2nc(-c3ccc(C#N)cc3)cs2)ccc1OCC(=O)N1CCOCC1. The van der Waals surface area contributed by atoms with Crippen molar-refractivity contribution in [1.29, 1.82) is 5.26 Å². The molecule has 0 unspecified atom stereocenters. The van der Waals surface area contributed by atoms with Crippen molar-refractivity contribution < 1.29 is 23.8 Å². The fourth-order valence-corrected chi connectivity index (χ4v) is 4.03. The van der Waals surface area contributed by atoms with Crippen molar-refractivity contribution in [3.05, 3.63) is 59.0 Å². The Morgan fingerprint density at radius 2 is 1.94 bits per heavy atom. The lowest BCUT2D eigenvalue weighted by molar-refractivity contribution is -0.137. The molecule has 2 heterocycles. The Hall–Kier alpha value is -3.94. The zero-order chi connectivity index (χ0) is 23.9. The minimum Gasteiger partial charge on any atom is -0.493 e. The van der Waals surface area contributed by atoms with Crippen molar-refractivity contribution in [2.75, 3.05) is 45.3 Å². The van der Waals surface area contributed by atoms with E-state index in [1.54, 1.807) is 35.2 Å². The van der Waals surface area contributed by atoms with Crippen molar-refractivity contribution in [3.8, 4) is 28.8 Å². The van der Waals surface area contributed by atoms with E-state index in [2.05, 4.69) is 16.4 Å². The van der Waals surface area contributed by atoms with Crippen LogP contribution in [-0.2, 0) is 9.53 Å². The number of nitrogens with zero attached hydrogens (tertiary/aromatic N) is 3. The van der Waals surface area contributed by atoms with Gasteiger partial charge in [0.25, 0.3) is 11.8 Å². The zero-order valence-corrected chi connectivity index (χ0v) is 19.3. The standard InChI is InChI=1S/C24H22N4O5S/c1-31-21-12-18(6-7-20(21)33-14-22(29)28-8-10-32-11-9-28)23(30)27-24-26-19(15-34-24)17-4-2-16(13-25)3-5-17/h2-7,12,15H,8-11,14H2,1H3,(H,26,27,30). The summed E-state index contributed by atoms with van der Waals surface area (Å²) in [6, 6.07) is 13.9. The predicted octanol–water partition coefficient (Wildman–Crippen LogP) is 3.18. The summed E-state index contributed by atoms with van der Waals surface area (Å²) in [4.78, 5) is 31.2. The topological polar surface area (TPSA) is 114 Å². The number of ether oxygens (including phenoxy) is 3. The maximum atomic E-state index is 12.7. The van der Waals surface area contributed by atoms with E-state index >= 15 is 0 Å². The summed E-state index contributed by atoms with van der Waals surface area (Å²) in [7, 11) is 1.47. The smallest absolute Gasteiger partial charge is 0.260 e. The number of nitrogens with one attached hydrogen (secondary N) is 1. The Labute approximate surface area is 200 Å². The largest absolute Gasteiger partial charge is 0.493 e. The number of nitriles is 1. The van der Waals surface area contributed by atoms with Crippen LogP contribution in [0.15, 0.2) is 47.8 Å². The number of benzene rings is 2. The van der Waals surface area contributed by atoms with E-state index in [0.29, 0.717) is 59.8 Å². The van der Waals surface area contributed by atoms with Gasteiger partial charge in [0.05, 0.1) is 37.7 Å². The molecule has 34 heavy (non-hydrogen) atoms. The van der Waals surface area contributed by atoms with Crippen molar-refractivity contribution in [2.24, 2.45) is 0 Å². The number of methoxy groups -OCH3 is 1. The molecule has 0 aliphatic carbocycles. The number of hydrogen-bond donors (Lipinski definition) is 1. The van der Waals surface area contributed by atoms with Gasteiger partial charge in [-0.25, -0.2) is 4.98 Å². The molecule has 1 aliphatic rings. The van der Waals surface area contributed by atoms with Crippen LogP contribution in [0.2, 0.25) is 0 Å². The highest BCUT2D eigenvalue weighted by Gasteiger charge is 2.19. The third-order valence-corrected chi connectivity index (χ3v) is 5.93. The number of carbonyl (C=O) groups is 2. The normalized spacial score (nSPS) is 13.1. The second-order valence-corrected chi connectivity index (χ2v) is 8.19. The minimum absolute atomic E-state index is 0.126. The van der Waals surface area contributed by atoms with Crippen LogP contribution in [-0.4, -0.2) is 61.7 Å². The van der Waals surface area contributed by atoms with Crippen LogP contribution in [0.1, 0.15) is 15.9 Å². The number of anilines is 1. The van der Waals surface area contributed by atoms with Crippen molar-refractivity contribution in [3.63, 3.8) is 0 Å². The predicted molar refractivity (Wildman–Crippen MR) is 126 cm³/mol. The lowest BCUT2D eigenvalue weighted by atomic mass is 10.1. The number of thiazole rings is 1. The average molecular weight is 479 g/mol. The molecule has 0 atom stereocenters. The molecule has 3 aromatic rings. The summed E-state index contributed by atoms with van der Waals surface area (Å²) in [5.74, 6) is 0.238. The molecule has 9 nitrogen and oxygen atoms in total. The summed E-state index contributed by atoms with van der Waals surface area (Å²) < 4.78 is 16.3. The summed E-state index contributed by atoms with van der Waals surface area (Å²) in [5.41, 5.74) is 2.49. The summed E-state index contributed by atoms with van der Waals surface area (Å²) in [5, 5.41) is 14.0. The van der Waals surface area contributed by atoms with Crippen LogP contribution in [0.3, 0.4) is 0 Å². The van der Waals surface area contributed by atoms with Crippen LogP contribution in [0, 0.1) is 11.3 Å². The molecular weight excluding hydrogens is 456 g/mol. The monoisotopic (exact) mass is 478 g/mol. The molecule has 1 aromatic heterocycles. The molecule has 2 amide bonds. The fraction of sp³-hybridized carbons (Fsp3) is 0.250. The van der Waals surface area contributed by atoms with Gasteiger partial charge in [-0.15, -0.1) is 11.3 Å². The van der Waals surface area contributed by atoms with Crippen LogP contribution in [0.5, 0.6) is 11.5 Å². The number of aromatic nitrogens is 1. The van der Waals surface area contributed by atoms with E-state index in [1.165, 1.54) is 18.4 Å². The molecule has 1 aliphatic heterocycles. The minimum atomic E-state index is -0.352. The molecule has 0 spiro atoms. The fourth-order valence-electron chi connectivity index (χ4n) is 3.32. The Bertz CT molecular complexity index is 1210. The molecule has 1 N–H and O–H groups in total. The maximum absolute atomic E-state index is 12.7. The van der Waals surface area contributed by atoms with Gasteiger partial charge in [0.2, 0.25) is 0 Å². The van der Waals surface area contributed by atoms with E-state index in [1.807, 2.05) is 17.5 Å². The molecule has 1 fully saturated rings. The second-order valence-electron chi connectivity index (χ2n) is 7.33. The second kappa shape index (κ2) is 10.8. The lowest BCUT2D eigenvalue weighted by Crippen LogP contribution is -2.43. The molecule has 2 aromatic carbocycles. The summed E-state index contributed by atoms with van der Waals surface area (Å²) in [6.45, 7) is 2.00. The van der Waals surface area contributed by atoms with Crippen molar-refractivity contribution >= 4 is 28.3 Å². The highest BCUT2D eigenvalue weighted by molar-refractivity contribution is 7.14. The number of rotatable bonds is 7. The van der Waals surface area contributed by atoms with Crippen molar-refractivity contribution in [2.45, 2.75) is 0 Å². The molecule has 174 valence electrons. The van der Waals surface area contributed by atoms with Gasteiger partial charge in [-0.1, -0.05) is 12.1 Å². The highest BCUT2D eigenvalue weighted by Crippen LogP contribution is 2.29. The Balaban J connectivity index is 1.39. The summed E-state index contributed by atoms with van der Waals surface area (Å²) >= 11 is 1.30. The van der Waals surface area contributed by atoms with Gasteiger partial charge in [-0.3, -0.25) is 14.9 Å². The first kappa shape index (κ1) is 23.2. The van der Waals surface area contributed by atoms with E-state index < -0.39 is 0 Å². The first-order valence-corrected chi connectivity index (χ1v) is 11.4. The molecule has 10 heteroatoms. The Morgan fingerprint density at radius 3 is 2.65 bits per heavy atom. The summed E-state index contributed by atoms with van der Waals surface area (Å²) in [6.07, 6.45) is 0. The first-order valence-electron chi connectivity index (χ1n) is 10.5. The van der Waals surface area contributed by atoms with Crippen LogP contribution < -0.4 is 14.8 Å². The molecule has 4 rings (SSSR count). The first-order chi connectivity index (χ1) is 16.6.